The number of fused-ring (bicyclic) bond motifs is 5. The van der Waals surface area contributed by atoms with Gasteiger partial charge in [-0.2, -0.15) is 5.26 Å². The zero-order valence-electron chi connectivity index (χ0n) is 22.5. The van der Waals surface area contributed by atoms with E-state index in [9.17, 15) is 5.26 Å². The molecule has 0 aliphatic rings. The molecule has 3 aromatic heterocycles. The summed E-state index contributed by atoms with van der Waals surface area (Å²) >= 11 is 0. The van der Waals surface area contributed by atoms with Gasteiger partial charge in [0.25, 0.3) is 0 Å². The van der Waals surface area contributed by atoms with Crippen LogP contribution < -0.4 is 0 Å². The fourth-order valence-electron chi connectivity index (χ4n) is 5.83. The van der Waals surface area contributed by atoms with Crippen LogP contribution in [0.3, 0.4) is 0 Å². The van der Waals surface area contributed by atoms with E-state index in [4.69, 9.17) is 9.98 Å². The lowest BCUT2D eigenvalue weighted by Gasteiger charge is -2.15. The zero-order valence-corrected chi connectivity index (χ0v) is 22.5. The maximum atomic E-state index is 10.0. The van der Waals surface area contributed by atoms with Gasteiger partial charge in [0.1, 0.15) is 11.9 Å². The molecule has 5 heteroatoms. The summed E-state index contributed by atoms with van der Waals surface area (Å²) in [6, 6.07) is 36.7. The monoisotopic (exact) mass is 527 g/mol. The number of nitriles is 1. The van der Waals surface area contributed by atoms with Crippen molar-refractivity contribution in [1.29, 1.82) is 5.26 Å². The van der Waals surface area contributed by atoms with Gasteiger partial charge in [-0.05, 0) is 47.5 Å². The molecule has 0 radical (unpaired) electrons. The highest BCUT2D eigenvalue weighted by atomic mass is 15.1. The minimum atomic E-state index is 0.645. The smallest absolute Gasteiger partial charge is 0.138 e. The molecule has 0 aliphatic carbocycles. The summed E-state index contributed by atoms with van der Waals surface area (Å²) < 4.78 is 2.16. The maximum absolute atomic E-state index is 10.0. The molecule has 41 heavy (non-hydrogen) atoms. The third kappa shape index (κ3) is 3.89. The van der Waals surface area contributed by atoms with Crippen molar-refractivity contribution in [3.63, 3.8) is 0 Å². The molecule has 4 aromatic carbocycles. The van der Waals surface area contributed by atoms with Crippen LogP contribution in [0.15, 0.2) is 121 Å². The molecule has 0 fully saturated rings. The molecule has 194 valence electrons. The zero-order chi connectivity index (χ0) is 27.9. The Bertz CT molecular complexity index is 2120. The fraction of sp³-hybridized carbons (Fsp3) is 0.0556. The number of para-hydroxylation sites is 1. The number of nitrogens with zero attached hydrogens (tertiary/aromatic N) is 5. The van der Waals surface area contributed by atoms with E-state index in [0.29, 0.717) is 17.7 Å². The summed E-state index contributed by atoms with van der Waals surface area (Å²) in [5, 5.41) is 14.8. The highest BCUT2D eigenvalue weighted by molar-refractivity contribution is 6.14. The highest BCUT2D eigenvalue weighted by Gasteiger charge is 2.17. The van der Waals surface area contributed by atoms with Crippen LogP contribution in [0.25, 0.3) is 55.0 Å². The van der Waals surface area contributed by atoms with Crippen molar-refractivity contribution in [2.75, 3.05) is 0 Å². The van der Waals surface area contributed by atoms with Gasteiger partial charge < -0.3 is 0 Å². The second kappa shape index (κ2) is 9.86. The molecule has 3 heterocycles. The van der Waals surface area contributed by atoms with Crippen LogP contribution in [0.5, 0.6) is 0 Å². The summed E-state index contributed by atoms with van der Waals surface area (Å²) in [5.41, 5.74) is 6.90. The van der Waals surface area contributed by atoms with Crippen molar-refractivity contribution in [2.24, 2.45) is 4.99 Å². The molecule has 5 nitrogen and oxygen atoms in total. The summed E-state index contributed by atoms with van der Waals surface area (Å²) in [5.74, 6) is 0.808. The Morgan fingerprint density at radius 1 is 0.780 bits per heavy atom. The molecule has 0 atom stereocenters. The molecule has 0 saturated heterocycles. The second-order valence-electron chi connectivity index (χ2n) is 9.92. The first kappa shape index (κ1) is 24.4. The van der Waals surface area contributed by atoms with Crippen molar-refractivity contribution in [1.82, 2.24) is 14.5 Å². The van der Waals surface area contributed by atoms with Crippen LogP contribution >= 0.6 is 0 Å². The highest BCUT2D eigenvalue weighted by Crippen LogP contribution is 2.37. The van der Waals surface area contributed by atoms with Crippen LogP contribution in [0.4, 0.5) is 0 Å². The Morgan fingerprint density at radius 3 is 2.10 bits per heavy atom. The van der Waals surface area contributed by atoms with E-state index < -0.39 is 0 Å². The first-order valence-corrected chi connectivity index (χ1v) is 13.6. The van der Waals surface area contributed by atoms with Gasteiger partial charge in [0.15, 0.2) is 0 Å². The van der Waals surface area contributed by atoms with Crippen molar-refractivity contribution in [3.8, 4) is 11.9 Å². The SMILES string of the molecule is C=C(/N=C(\CC)c1cccc(-n2c3ccccc3c3ncccc32)n1)c1c2ccccc2c(C#N)c2ccccc12. The molecule has 7 rings (SSSR count). The number of pyridine rings is 2. The molecule has 0 saturated carbocycles. The van der Waals surface area contributed by atoms with Crippen molar-refractivity contribution < 1.29 is 0 Å². The van der Waals surface area contributed by atoms with Gasteiger partial charge in [-0.25, -0.2) is 4.98 Å². The largest absolute Gasteiger partial charge is 0.292 e. The fourth-order valence-corrected chi connectivity index (χ4v) is 5.83. The number of aromatic nitrogens is 3. The predicted octanol–water partition coefficient (Wildman–Crippen LogP) is 8.62. The van der Waals surface area contributed by atoms with Gasteiger partial charge in [0, 0.05) is 27.9 Å². The quantitative estimate of drug-likeness (QED) is 0.166. The van der Waals surface area contributed by atoms with Gasteiger partial charge in [0.05, 0.1) is 39.2 Å². The molecule has 0 aliphatic heterocycles. The van der Waals surface area contributed by atoms with E-state index in [1.165, 1.54) is 0 Å². The molecule has 0 unspecified atom stereocenters. The lowest BCUT2D eigenvalue weighted by atomic mass is 9.91. The van der Waals surface area contributed by atoms with Crippen LogP contribution in [0.1, 0.15) is 30.2 Å². The lowest BCUT2D eigenvalue weighted by Crippen LogP contribution is -2.06. The Kier molecular flexibility index (Phi) is 5.88. The Morgan fingerprint density at radius 2 is 1.41 bits per heavy atom. The minimum Gasteiger partial charge on any atom is -0.292 e. The van der Waals surface area contributed by atoms with Crippen LogP contribution in [-0.2, 0) is 0 Å². The normalized spacial score (nSPS) is 11.9. The Hall–Kier alpha value is -5.60. The topological polar surface area (TPSA) is 66.9 Å². The Labute approximate surface area is 237 Å². The van der Waals surface area contributed by atoms with Gasteiger partial charge in [-0.1, -0.05) is 86.3 Å². The maximum Gasteiger partial charge on any atom is 0.138 e. The van der Waals surface area contributed by atoms with E-state index in [1.54, 1.807) is 0 Å². The van der Waals surface area contributed by atoms with Gasteiger partial charge in [-0.3, -0.25) is 14.5 Å². The van der Waals surface area contributed by atoms with Gasteiger partial charge >= 0.3 is 0 Å². The van der Waals surface area contributed by atoms with E-state index in [0.717, 1.165) is 66.3 Å². The van der Waals surface area contributed by atoms with E-state index in [-0.39, 0.29) is 0 Å². The average molecular weight is 528 g/mol. The van der Waals surface area contributed by atoms with Crippen molar-refractivity contribution >= 4 is 54.9 Å². The minimum absolute atomic E-state index is 0.645. The first-order chi connectivity index (χ1) is 20.2. The summed E-state index contributed by atoms with van der Waals surface area (Å²) in [4.78, 5) is 14.9. The molecule has 0 spiro atoms. The number of hydrogen-bond donors (Lipinski definition) is 0. The molecule has 0 amide bonds. The van der Waals surface area contributed by atoms with Crippen molar-refractivity contribution in [2.45, 2.75) is 13.3 Å². The lowest BCUT2D eigenvalue weighted by molar-refractivity contribution is 1.06. The van der Waals surface area contributed by atoms with Gasteiger partial charge in [-0.15, -0.1) is 0 Å². The number of benzene rings is 4. The molecular weight excluding hydrogens is 502 g/mol. The van der Waals surface area contributed by atoms with Crippen LogP contribution in [0, 0.1) is 11.3 Å². The molecule has 7 aromatic rings. The van der Waals surface area contributed by atoms with E-state index >= 15 is 0 Å². The van der Waals surface area contributed by atoms with E-state index in [1.807, 2.05) is 91.1 Å². The predicted molar refractivity (Wildman–Crippen MR) is 168 cm³/mol. The molecular formula is C36H25N5. The summed E-state index contributed by atoms with van der Waals surface area (Å²) in [6.07, 6.45) is 2.50. The van der Waals surface area contributed by atoms with Gasteiger partial charge in [0.2, 0.25) is 0 Å². The number of aliphatic imine (C=N–C) groups is 1. The third-order valence-electron chi connectivity index (χ3n) is 7.62. The number of rotatable bonds is 5. The third-order valence-corrected chi connectivity index (χ3v) is 7.62. The first-order valence-electron chi connectivity index (χ1n) is 13.6. The standard InChI is InChI=1S/C36H25N5/c1-3-30(39-23(2)35-26-14-6-4-12-24(26)29(22-37)25-13-5-7-15-27(25)35)31-17-10-20-34(40-31)41-32-18-9-8-16-28(32)36-33(41)19-11-21-38-36/h4-21H,2-3H2,1H3/b39-30+. The molecule has 0 N–H and O–H groups in total. The summed E-state index contributed by atoms with van der Waals surface area (Å²) in [7, 11) is 0. The summed E-state index contributed by atoms with van der Waals surface area (Å²) in [6.45, 7) is 6.52. The van der Waals surface area contributed by atoms with Crippen LogP contribution in [-0.4, -0.2) is 20.2 Å². The average Bonchev–Trinajstić information content (AvgIpc) is 3.37. The van der Waals surface area contributed by atoms with Crippen molar-refractivity contribution in [3.05, 3.63) is 133 Å². The second-order valence-corrected chi connectivity index (χ2v) is 9.92. The Balaban J connectivity index is 1.40. The van der Waals surface area contributed by atoms with Crippen LogP contribution in [0.2, 0.25) is 0 Å². The molecule has 0 bridgehead atoms. The number of hydrogen-bond acceptors (Lipinski definition) is 4. The van der Waals surface area contributed by atoms with E-state index in [2.05, 4.69) is 47.3 Å².